The topological polar surface area (TPSA) is 30.7 Å². The lowest BCUT2D eigenvalue weighted by atomic mass is 9.76. The van der Waals surface area contributed by atoms with Crippen LogP contribution in [-0.2, 0) is 0 Å². The quantitative estimate of drug-likeness (QED) is 0.779. The van der Waals surface area contributed by atoms with Crippen molar-refractivity contribution < 1.29 is 0 Å². The van der Waals surface area contributed by atoms with Gasteiger partial charge in [-0.3, -0.25) is 0 Å². The summed E-state index contributed by atoms with van der Waals surface area (Å²) >= 11 is 6.38. The van der Waals surface area contributed by atoms with Crippen LogP contribution >= 0.6 is 11.6 Å². The van der Waals surface area contributed by atoms with Crippen molar-refractivity contribution in [1.82, 2.24) is 15.0 Å². The minimum Gasteiger partial charge on any atom is -0.213 e. The molecule has 1 aromatic heterocycles. The van der Waals surface area contributed by atoms with E-state index in [0.717, 1.165) is 24.2 Å². The molecule has 0 saturated carbocycles. The highest BCUT2D eigenvalue weighted by molar-refractivity contribution is 6.22. The molecule has 1 atom stereocenters. The Hall–Kier alpha value is -1.61. The Morgan fingerprint density at radius 1 is 1.25 bits per heavy atom. The van der Waals surface area contributed by atoms with Crippen molar-refractivity contribution in [1.29, 1.82) is 0 Å². The van der Waals surface area contributed by atoms with Crippen LogP contribution in [0.1, 0.15) is 32.4 Å². The van der Waals surface area contributed by atoms with Crippen LogP contribution in [0.4, 0.5) is 0 Å². The Morgan fingerprint density at radius 3 is 2.70 bits per heavy atom. The van der Waals surface area contributed by atoms with Crippen LogP contribution in [0.25, 0.3) is 11.3 Å². The van der Waals surface area contributed by atoms with Crippen molar-refractivity contribution in [3.63, 3.8) is 0 Å². The Kier molecular flexibility index (Phi) is 3.38. The molecule has 0 amide bonds. The molecule has 0 fully saturated rings. The smallest absolute Gasteiger partial charge is 0.0901 e. The standard InChI is InChI=1S/C16H18ClN3/c1-16(2)9-12(8-13(17)10-16)15-11-18-19-20(15)14-6-4-3-5-7-14/h3-8,11,13H,9-10H2,1-2H3. The molecular weight excluding hydrogens is 270 g/mol. The monoisotopic (exact) mass is 287 g/mol. The summed E-state index contributed by atoms with van der Waals surface area (Å²) in [4.78, 5) is 0. The molecular formula is C16H18ClN3. The van der Waals surface area contributed by atoms with Crippen LogP contribution in [0.15, 0.2) is 42.6 Å². The van der Waals surface area contributed by atoms with Gasteiger partial charge in [-0.2, -0.15) is 0 Å². The highest BCUT2D eigenvalue weighted by Crippen LogP contribution is 2.41. The fourth-order valence-corrected chi connectivity index (χ4v) is 3.41. The van der Waals surface area contributed by atoms with Crippen LogP contribution in [0.2, 0.25) is 0 Å². The molecule has 4 heteroatoms. The molecule has 0 radical (unpaired) electrons. The summed E-state index contributed by atoms with van der Waals surface area (Å²) in [6.07, 6.45) is 5.97. The van der Waals surface area contributed by atoms with Crippen LogP contribution < -0.4 is 0 Å². The van der Waals surface area contributed by atoms with Crippen molar-refractivity contribution in [2.45, 2.75) is 32.1 Å². The number of allylic oxidation sites excluding steroid dienone is 2. The predicted molar refractivity (Wildman–Crippen MR) is 82.0 cm³/mol. The first-order valence-electron chi connectivity index (χ1n) is 6.86. The van der Waals surface area contributed by atoms with Crippen molar-refractivity contribution in [2.24, 2.45) is 5.41 Å². The van der Waals surface area contributed by atoms with E-state index < -0.39 is 0 Å². The number of benzene rings is 1. The number of nitrogens with zero attached hydrogens (tertiary/aromatic N) is 3. The van der Waals surface area contributed by atoms with Gasteiger partial charge in [-0.15, -0.1) is 16.7 Å². The van der Waals surface area contributed by atoms with Gasteiger partial charge in [0.1, 0.15) is 0 Å². The zero-order valence-corrected chi connectivity index (χ0v) is 12.5. The number of hydrogen-bond acceptors (Lipinski definition) is 2. The second-order valence-corrected chi connectivity index (χ2v) is 6.68. The summed E-state index contributed by atoms with van der Waals surface area (Å²) in [6, 6.07) is 10.1. The SMILES string of the molecule is CC1(C)CC(c2cnnn2-c2ccccc2)=CC(Cl)C1. The maximum Gasteiger partial charge on any atom is 0.0901 e. The molecule has 0 aliphatic heterocycles. The Morgan fingerprint density at radius 2 is 2.00 bits per heavy atom. The lowest BCUT2D eigenvalue weighted by molar-refractivity contribution is 0.340. The number of aromatic nitrogens is 3. The van der Waals surface area contributed by atoms with E-state index in [1.807, 2.05) is 41.2 Å². The van der Waals surface area contributed by atoms with E-state index in [9.17, 15) is 0 Å². The van der Waals surface area contributed by atoms with Crippen LogP contribution in [0.5, 0.6) is 0 Å². The van der Waals surface area contributed by atoms with Crippen molar-refractivity contribution in [3.8, 4) is 5.69 Å². The first-order chi connectivity index (χ1) is 9.55. The molecule has 0 bridgehead atoms. The Labute approximate surface area is 124 Å². The summed E-state index contributed by atoms with van der Waals surface area (Å²) < 4.78 is 1.89. The Balaban J connectivity index is 2.02. The number of para-hydroxylation sites is 1. The lowest BCUT2D eigenvalue weighted by Crippen LogP contribution is -2.22. The van der Waals surface area contributed by atoms with E-state index in [-0.39, 0.29) is 10.8 Å². The number of hydrogen-bond donors (Lipinski definition) is 0. The molecule has 104 valence electrons. The number of rotatable bonds is 2. The van der Waals surface area contributed by atoms with E-state index in [1.54, 1.807) is 0 Å². The van der Waals surface area contributed by atoms with Crippen molar-refractivity contribution >= 4 is 17.2 Å². The van der Waals surface area contributed by atoms with Crippen LogP contribution in [0, 0.1) is 5.41 Å². The minimum absolute atomic E-state index is 0.0767. The summed E-state index contributed by atoms with van der Waals surface area (Å²) in [7, 11) is 0. The third-order valence-corrected chi connectivity index (χ3v) is 3.96. The van der Waals surface area contributed by atoms with Gasteiger partial charge >= 0.3 is 0 Å². The summed E-state index contributed by atoms with van der Waals surface area (Å²) in [6.45, 7) is 4.51. The zero-order valence-electron chi connectivity index (χ0n) is 11.8. The first-order valence-corrected chi connectivity index (χ1v) is 7.30. The van der Waals surface area contributed by atoms with E-state index in [4.69, 9.17) is 11.6 Å². The largest absolute Gasteiger partial charge is 0.213 e. The van der Waals surface area contributed by atoms with Gasteiger partial charge in [0.2, 0.25) is 0 Å². The normalized spacial score (nSPS) is 21.6. The van der Waals surface area contributed by atoms with E-state index >= 15 is 0 Å². The van der Waals surface area contributed by atoms with E-state index in [1.165, 1.54) is 5.57 Å². The van der Waals surface area contributed by atoms with Crippen LogP contribution in [0.3, 0.4) is 0 Å². The van der Waals surface area contributed by atoms with Crippen molar-refractivity contribution in [3.05, 3.63) is 48.3 Å². The maximum absolute atomic E-state index is 6.38. The molecule has 3 rings (SSSR count). The molecule has 1 heterocycles. The molecule has 0 spiro atoms. The fraction of sp³-hybridized carbons (Fsp3) is 0.375. The van der Waals surface area contributed by atoms with Gasteiger partial charge < -0.3 is 0 Å². The van der Waals surface area contributed by atoms with Gasteiger partial charge in [-0.05, 0) is 36.0 Å². The second-order valence-electron chi connectivity index (χ2n) is 6.12. The second kappa shape index (κ2) is 5.06. The molecule has 1 unspecified atom stereocenters. The van der Waals surface area contributed by atoms with Gasteiger partial charge in [0.15, 0.2) is 0 Å². The predicted octanol–water partition coefficient (Wildman–Crippen LogP) is 4.08. The summed E-state index contributed by atoms with van der Waals surface area (Å²) in [5.41, 5.74) is 3.50. The summed E-state index contributed by atoms with van der Waals surface area (Å²) in [5, 5.41) is 8.37. The van der Waals surface area contributed by atoms with Gasteiger partial charge in [0, 0.05) is 0 Å². The Bertz CT molecular complexity index is 628. The molecule has 0 saturated heterocycles. The molecule has 20 heavy (non-hydrogen) atoms. The van der Waals surface area contributed by atoms with Gasteiger partial charge in [-0.1, -0.05) is 43.3 Å². The third-order valence-electron chi connectivity index (χ3n) is 3.68. The molecule has 1 aliphatic rings. The lowest BCUT2D eigenvalue weighted by Gasteiger charge is -2.32. The first kappa shape index (κ1) is 13.4. The minimum atomic E-state index is 0.0767. The molecule has 1 aliphatic carbocycles. The molecule has 3 nitrogen and oxygen atoms in total. The zero-order chi connectivity index (χ0) is 14.2. The van der Waals surface area contributed by atoms with E-state index in [0.29, 0.717) is 0 Å². The number of halogens is 1. The maximum atomic E-state index is 6.38. The summed E-state index contributed by atoms with van der Waals surface area (Å²) in [5.74, 6) is 0. The van der Waals surface area contributed by atoms with Crippen LogP contribution in [-0.4, -0.2) is 20.4 Å². The average molecular weight is 288 g/mol. The van der Waals surface area contributed by atoms with Gasteiger partial charge in [0.25, 0.3) is 0 Å². The third kappa shape index (κ3) is 2.63. The molecule has 1 aromatic carbocycles. The van der Waals surface area contributed by atoms with E-state index in [2.05, 4.69) is 30.2 Å². The number of alkyl halides is 1. The fourth-order valence-electron chi connectivity index (χ4n) is 2.84. The molecule has 0 N–H and O–H groups in total. The highest BCUT2D eigenvalue weighted by Gasteiger charge is 2.29. The van der Waals surface area contributed by atoms with Crippen molar-refractivity contribution in [2.75, 3.05) is 0 Å². The highest BCUT2D eigenvalue weighted by atomic mass is 35.5. The van der Waals surface area contributed by atoms with Gasteiger partial charge in [0.05, 0.1) is 23.0 Å². The molecule has 2 aromatic rings. The van der Waals surface area contributed by atoms with Gasteiger partial charge in [-0.25, -0.2) is 4.68 Å². The average Bonchev–Trinajstić information content (AvgIpc) is 2.86.